The lowest BCUT2D eigenvalue weighted by atomic mass is 10.1. The van der Waals surface area contributed by atoms with Crippen LogP contribution in [0, 0.1) is 15.9 Å². The molecule has 9 nitrogen and oxygen atoms in total. The Morgan fingerprint density at radius 1 is 1.36 bits per heavy atom. The Balaban J connectivity index is 1.77. The van der Waals surface area contributed by atoms with Crippen LogP contribution in [-0.4, -0.2) is 30.4 Å². The van der Waals surface area contributed by atoms with Crippen LogP contribution >= 0.6 is 15.9 Å². The van der Waals surface area contributed by atoms with Gasteiger partial charge >= 0.3 is 5.69 Å². The fourth-order valence-electron chi connectivity index (χ4n) is 2.44. The zero-order chi connectivity index (χ0) is 20.5. The highest BCUT2D eigenvalue weighted by atomic mass is 79.9. The highest BCUT2D eigenvalue weighted by molar-refractivity contribution is 9.10. The minimum Gasteiger partial charge on any atom is -0.306 e. The summed E-state index contributed by atoms with van der Waals surface area (Å²) in [5.74, 6) is -0.570. The normalized spacial score (nSPS) is 11.4. The van der Waals surface area contributed by atoms with E-state index in [0.717, 1.165) is 6.20 Å². The molecule has 146 valence electrons. The quantitative estimate of drug-likeness (QED) is 0.457. The van der Waals surface area contributed by atoms with Crippen LogP contribution in [-0.2, 0) is 16.9 Å². The maximum absolute atomic E-state index is 13.8. The molecule has 28 heavy (non-hydrogen) atoms. The minimum absolute atomic E-state index is 0.190. The number of nitro groups is 1. The molecule has 0 saturated carbocycles. The van der Waals surface area contributed by atoms with Crippen LogP contribution in [0.5, 0.6) is 0 Å². The Hall–Kier alpha value is -3.08. The van der Waals surface area contributed by atoms with Gasteiger partial charge in [-0.2, -0.15) is 10.2 Å². The molecule has 0 aliphatic heterocycles. The Morgan fingerprint density at radius 3 is 2.71 bits per heavy atom. The molecule has 2 aromatic heterocycles. The summed E-state index contributed by atoms with van der Waals surface area (Å²) in [7, 11) is 0. The lowest BCUT2D eigenvalue weighted by Crippen LogP contribution is -2.40. The third-order valence-electron chi connectivity index (χ3n) is 4.15. The van der Waals surface area contributed by atoms with Gasteiger partial charge in [0.25, 0.3) is 5.91 Å². The molecule has 1 N–H and O–H groups in total. The average Bonchev–Trinajstić information content (AvgIpc) is 3.25. The van der Waals surface area contributed by atoms with Crippen LogP contribution < -0.4 is 5.32 Å². The van der Waals surface area contributed by atoms with E-state index in [1.807, 2.05) is 0 Å². The van der Waals surface area contributed by atoms with Crippen molar-refractivity contribution >= 4 is 33.3 Å². The van der Waals surface area contributed by atoms with Crippen molar-refractivity contribution in [3.05, 3.63) is 68.8 Å². The Morgan fingerprint density at radius 2 is 2.07 bits per heavy atom. The van der Waals surface area contributed by atoms with Gasteiger partial charge in [-0.25, -0.2) is 4.39 Å². The van der Waals surface area contributed by atoms with Gasteiger partial charge in [0.2, 0.25) is 0 Å². The van der Waals surface area contributed by atoms with E-state index in [1.54, 1.807) is 38.2 Å². The van der Waals surface area contributed by atoms with E-state index in [4.69, 9.17) is 0 Å². The molecule has 0 radical (unpaired) electrons. The molecule has 1 amide bonds. The van der Waals surface area contributed by atoms with Gasteiger partial charge in [-0.05, 0) is 35.8 Å². The first-order chi connectivity index (χ1) is 13.2. The first-order valence-corrected chi connectivity index (χ1v) is 8.95. The van der Waals surface area contributed by atoms with Gasteiger partial charge in [-0.3, -0.25) is 24.3 Å². The van der Waals surface area contributed by atoms with E-state index in [2.05, 4.69) is 31.4 Å². The van der Waals surface area contributed by atoms with Gasteiger partial charge in [0.05, 0.1) is 15.9 Å². The number of halogens is 2. The molecular formula is C17H16BrFN6O3. The number of nitrogens with zero attached hydrogens (tertiary/aromatic N) is 5. The molecule has 0 aliphatic rings. The Labute approximate surface area is 167 Å². The summed E-state index contributed by atoms with van der Waals surface area (Å²) in [6.07, 6.45) is 3.88. The van der Waals surface area contributed by atoms with Crippen LogP contribution in [0.2, 0.25) is 0 Å². The predicted octanol–water partition coefficient (Wildman–Crippen LogP) is 3.31. The van der Waals surface area contributed by atoms with Gasteiger partial charge in [0.15, 0.2) is 5.82 Å². The number of amides is 1. The van der Waals surface area contributed by atoms with Gasteiger partial charge in [-0.1, -0.05) is 18.2 Å². The van der Waals surface area contributed by atoms with E-state index < -0.39 is 16.4 Å². The van der Waals surface area contributed by atoms with Gasteiger partial charge in [-0.15, -0.1) is 0 Å². The highest BCUT2D eigenvalue weighted by Crippen LogP contribution is 2.25. The number of hydrogen-bond acceptors (Lipinski definition) is 5. The third kappa shape index (κ3) is 3.93. The van der Waals surface area contributed by atoms with Crippen LogP contribution in [0.4, 0.5) is 15.9 Å². The smallest absolute Gasteiger partial charge is 0.306 e. The van der Waals surface area contributed by atoms with Crippen molar-refractivity contribution in [3.8, 4) is 0 Å². The number of anilines is 1. The van der Waals surface area contributed by atoms with Crippen molar-refractivity contribution in [1.82, 2.24) is 19.6 Å². The van der Waals surface area contributed by atoms with Crippen molar-refractivity contribution in [1.29, 1.82) is 0 Å². The highest BCUT2D eigenvalue weighted by Gasteiger charge is 2.33. The van der Waals surface area contributed by atoms with Crippen molar-refractivity contribution in [2.45, 2.75) is 25.9 Å². The second-order valence-electron chi connectivity index (χ2n) is 6.53. The number of rotatable bonds is 6. The van der Waals surface area contributed by atoms with E-state index >= 15 is 0 Å². The number of carbonyl (C=O) groups excluding carboxylic acids is 1. The molecule has 0 bridgehead atoms. The van der Waals surface area contributed by atoms with Crippen molar-refractivity contribution in [2.75, 3.05) is 5.32 Å². The summed E-state index contributed by atoms with van der Waals surface area (Å²) in [6, 6.07) is 6.34. The maximum atomic E-state index is 13.8. The fraction of sp³-hybridized carbons (Fsp3) is 0.235. The molecule has 3 rings (SSSR count). The lowest BCUT2D eigenvalue weighted by molar-refractivity contribution is -0.385. The molecule has 0 saturated heterocycles. The lowest BCUT2D eigenvalue weighted by Gasteiger charge is -2.23. The van der Waals surface area contributed by atoms with E-state index in [-0.39, 0.29) is 23.9 Å². The van der Waals surface area contributed by atoms with Crippen LogP contribution in [0.3, 0.4) is 0 Å². The van der Waals surface area contributed by atoms with Crippen molar-refractivity contribution in [3.63, 3.8) is 0 Å². The van der Waals surface area contributed by atoms with E-state index in [0.29, 0.717) is 10.0 Å². The predicted molar refractivity (Wildman–Crippen MR) is 102 cm³/mol. The van der Waals surface area contributed by atoms with Crippen LogP contribution in [0.25, 0.3) is 0 Å². The van der Waals surface area contributed by atoms with Gasteiger partial charge in [0, 0.05) is 11.8 Å². The zero-order valence-electron chi connectivity index (χ0n) is 15.0. The number of nitrogens with one attached hydrogen (secondary N) is 1. The van der Waals surface area contributed by atoms with Crippen molar-refractivity contribution in [2.24, 2.45) is 0 Å². The summed E-state index contributed by atoms with van der Waals surface area (Å²) in [6.45, 7) is 3.34. The standard InChI is InChI=1S/C17H16BrFN6O3/c1-17(2,24-9-12(7-20-24)25(27)28)16(26)21-15-13(18)10-23(22-15)8-11-5-3-4-6-14(11)19/h3-7,9-10H,8H2,1-2H3,(H,21,22,26). The summed E-state index contributed by atoms with van der Waals surface area (Å²) in [5, 5.41) is 21.7. The zero-order valence-corrected chi connectivity index (χ0v) is 16.6. The maximum Gasteiger partial charge on any atom is 0.307 e. The Bertz CT molecular complexity index is 1050. The molecule has 3 aromatic rings. The van der Waals surface area contributed by atoms with Crippen LogP contribution in [0.15, 0.2) is 47.3 Å². The minimum atomic E-state index is -1.21. The summed E-state index contributed by atoms with van der Waals surface area (Å²) in [4.78, 5) is 23.0. The number of carbonyl (C=O) groups is 1. The molecule has 0 spiro atoms. The average molecular weight is 451 g/mol. The SMILES string of the molecule is CC(C)(C(=O)Nc1nn(Cc2ccccc2F)cc1Br)n1cc([N+](=O)[O-])cn1. The molecule has 11 heteroatoms. The molecule has 0 aliphatic carbocycles. The number of aromatic nitrogens is 4. The summed E-state index contributed by atoms with van der Waals surface area (Å²) in [5.41, 5.74) is -0.959. The first kappa shape index (κ1) is 19.7. The van der Waals surface area contributed by atoms with E-state index in [9.17, 15) is 19.3 Å². The third-order valence-corrected chi connectivity index (χ3v) is 4.73. The summed E-state index contributed by atoms with van der Waals surface area (Å²) >= 11 is 3.32. The largest absolute Gasteiger partial charge is 0.307 e. The number of hydrogen-bond donors (Lipinski definition) is 1. The second kappa shape index (κ2) is 7.50. The molecular weight excluding hydrogens is 435 g/mol. The van der Waals surface area contributed by atoms with E-state index in [1.165, 1.54) is 21.6 Å². The van der Waals surface area contributed by atoms with Crippen molar-refractivity contribution < 1.29 is 14.1 Å². The topological polar surface area (TPSA) is 108 Å². The second-order valence-corrected chi connectivity index (χ2v) is 7.38. The van der Waals surface area contributed by atoms with Gasteiger partial charge in [0.1, 0.15) is 23.7 Å². The molecule has 2 heterocycles. The fourth-order valence-corrected chi connectivity index (χ4v) is 2.86. The Kier molecular flexibility index (Phi) is 5.27. The molecule has 0 unspecified atom stereocenters. The molecule has 0 atom stereocenters. The monoisotopic (exact) mass is 450 g/mol. The van der Waals surface area contributed by atoms with Gasteiger partial charge < -0.3 is 5.32 Å². The molecule has 1 aromatic carbocycles. The first-order valence-electron chi connectivity index (χ1n) is 8.16. The summed E-state index contributed by atoms with van der Waals surface area (Å²) < 4.78 is 17.0. The molecule has 0 fully saturated rings. The van der Waals surface area contributed by atoms with Crippen LogP contribution in [0.1, 0.15) is 19.4 Å². The number of benzene rings is 1.